The zero-order valence-corrected chi connectivity index (χ0v) is 15.0. The molecule has 0 heterocycles. The van der Waals surface area contributed by atoms with Crippen LogP contribution < -0.4 is 5.32 Å². The van der Waals surface area contributed by atoms with Gasteiger partial charge in [0.15, 0.2) is 11.6 Å². The summed E-state index contributed by atoms with van der Waals surface area (Å²) in [5.41, 5.74) is 4.43. The minimum atomic E-state index is -0.225. The zero-order chi connectivity index (χ0) is 18.5. The number of nitrogens with one attached hydrogen (secondary N) is 1. The predicted molar refractivity (Wildman–Crippen MR) is 102 cm³/mol. The van der Waals surface area contributed by atoms with Gasteiger partial charge in [0.2, 0.25) is 5.91 Å². The van der Waals surface area contributed by atoms with Crippen LogP contribution in [0, 0.1) is 0 Å². The Balaban J connectivity index is 1.56. The second-order valence-corrected chi connectivity index (χ2v) is 6.80. The molecule has 0 bridgehead atoms. The number of benzene rings is 2. The van der Waals surface area contributed by atoms with Crippen LogP contribution in [0.1, 0.15) is 64.4 Å². The average molecular weight is 349 g/mol. The van der Waals surface area contributed by atoms with Gasteiger partial charge in [-0.25, -0.2) is 0 Å². The first kappa shape index (κ1) is 18.1. The van der Waals surface area contributed by atoms with E-state index in [2.05, 4.69) is 11.4 Å². The highest BCUT2D eigenvalue weighted by molar-refractivity contribution is 6.01. The van der Waals surface area contributed by atoms with Gasteiger partial charge in [-0.1, -0.05) is 24.3 Å². The fraction of sp³-hybridized carbons (Fsp3) is 0.318. The summed E-state index contributed by atoms with van der Waals surface area (Å²) in [6.45, 7) is 1.48. The molecule has 2 aromatic carbocycles. The molecule has 2 aromatic rings. The van der Waals surface area contributed by atoms with E-state index in [9.17, 15) is 14.4 Å². The smallest absolute Gasteiger partial charge is 0.224 e. The maximum absolute atomic E-state index is 12.4. The first-order valence-corrected chi connectivity index (χ1v) is 9.09. The standard InChI is InChI=1S/C22H23NO3/c1-15(24)17-7-4-8-20(14-17)23-22(26)12-11-21(25)19-10-9-16-5-2-3-6-18(16)13-19/h4,7-10,13-14H,2-3,5-6,11-12H2,1H3,(H,23,26). The van der Waals surface area contributed by atoms with E-state index < -0.39 is 0 Å². The van der Waals surface area contributed by atoms with Crippen LogP contribution >= 0.6 is 0 Å². The summed E-state index contributed by atoms with van der Waals surface area (Å²) in [6.07, 6.45) is 4.81. The van der Waals surface area contributed by atoms with Crippen molar-refractivity contribution in [2.75, 3.05) is 5.32 Å². The lowest BCUT2D eigenvalue weighted by Crippen LogP contribution is -2.14. The van der Waals surface area contributed by atoms with Crippen LogP contribution in [-0.2, 0) is 17.6 Å². The fourth-order valence-electron chi connectivity index (χ4n) is 3.32. The number of aryl methyl sites for hydroxylation is 2. The molecule has 0 fully saturated rings. The third-order valence-corrected chi connectivity index (χ3v) is 4.80. The summed E-state index contributed by atoms with van der Waals surface area (Å²) in [7, 11) is 0. The molecule has 1 aliphatic rings. The molecule has 0 aromatic heterocycles. The molecule has 3 rings (SSSR count). The van der Waals surface area contributed by atoms with Gasteiger partial charge in [-0.15, -0.1) is 0 Å². The van der Waals surface area contributed by atoms with Crippen molar-refractivity contribution in [3.05, 3.63) is 64.7 Å². The summed E-state index contributed by atoms with van der Waals surface area (Å²) < 4.78 is 0. The molecule has 26 heavy (non-hydrogen) atoms. The van der Waals surface area contributed by atoms with Gasteiger partial charge in [-0.3, -0.25) is 14.4 Å². The van der Waals surface area contributed by atoms with Crippen LogP contribution in [0.25, 0.3) is 0 Å². The summed E-state index contributed by atoms with van der Waals surface area (Å²) in [6, 6.07) is 12.7. The fourth-order valence-corrected chi connectivity index (χ4v) is 3.32. The lowest BCUT2D eigenvalue weighted by Gasteiger charge is -2.16. The molecule has 0 spiro atoms. The molecule has 1 aliphatic carbocycles. The van der Waals surface area contributed by atoms with E-state index in [0.29, 0.717) is 16.8 Å². The van der Waals surface area contributed by atoms with Crippen LogP contribution in [0.5, 0.6) is 0 Å². The second kappa shape index (κ2) is 8.09. The number of amides is 1. The summed E-state index contributed by atoms with van der Waals surface area (Å²) in [5.74, 6) is -0.285. The number of ketones is 2. The zero-order valence-electron chi connectivity index (χ0n) is 15.0. The quantitative estimate of drug-likeness (QED) is 0.788. The van der Waals surface area contributed by atoms with Crippen LogP contribution in [0.15, 0.2) is 42.5 Å². The molecule has 134 valence electrons. The van der Waals surface area contributed by atoms with E-state index in [1.165, 1.54) is 30.9 Å². The molecular weight excluding hydrogens is 326 g/mol. The van der Waals surface area contributed by atoms with Crippen LogP contribution in [0.4, 0.5) is 5.69 Å². The van der Waals surface area contributed by atoms with Crippen LogP contribution in [0.2, 0.25) is 0 Å². The molecular formula is C22H23NO3. The Labute approximate surface area is 153 Å². The van der Waals surface area contributed by atoms with Crippen molar-refractivity contribution in [2.24, 2.45) is 0 Å². The Morgan fingerprint density at radius 3 is 2.42 bits per heavy atom. The molecule has 1 N–H and O–H groups in total. The van der Waals surface area contributed by atoms with E-state index in [0.717, 1.165) is 12.8 Å². The van der Waals surface area contributed by atoms with Gasteiger partial charge in [-0.05, 0) is 61.9 Å². The average Bonchev–Trinajstić information content (AvgIpc) is 2.66. The minimum Gasteiger partial charge on any atom is -0.326 e. The Morgan fingerprint density at radius 1 is 0.885 bits per heavy atom. The van der Waals surface area contributed by atoms with E-state index in [1.54, 1.807) is 24.3 Å². The van der Waals surface area contributed by atoms with Crippen LogP contribution in [0.3, 0.4) is 0 Å². The Hall–Kier alpha value is -2.75. The molecule has 0 saturated heterocycles. The van der Waals surface area contributed by atoms with E-state index in [4.69, 9.17) is 0 Å². The van der Waals surface area contributed by atoms with Gasteiger partial charge in [0.1, 0.15) is 0 Å². The van der Waals surface area contributed by atoms with Gasteiger partial charge < -0.3 is 5.32 Å². The van der Waals surface area contributed by atoms with Crippen molar-refractivity contribution in [2.45, 2.75) is 45.4 Å². The molecule has 0 atom stereocenters. The van der Waals surface area contributed by atoms with E-state index in [-0.39, 0.29) is 30.3 Å². The van der Waals surface area contributed by atoms with Gasteiger partial charge in [0.25, 0.3) is 0 Å². The monoisotopic (exact) mass is 349 g/mol. The van der Waals surface area contributed by atoms with Crippen molar-refractivity contribution in [3.63, 3.8) is 0 Å². The maximum atomic E-state index is 12.4. The van der Waals surface area contributed by atoms with Gasteiger partial charge in [0.05, 0.1) is 0 Å². The van der Waals surface area contributed by atoms with Crippen LogP contribution in [-0.4, -0.2) is 17.5 Å². The number of carbonyl (C=O) groups excluding carboxylic acids is 3. The topological polar surface area (TPSA) is 63.2 Å². The number of anilines is 1. The molecule has 0 aliphatic heterocycles. The SMILES string of the molecule is CC(=O)c1cccc(NC(=O)CCC(=O)c2ccc3c(c2)CCCC3)c1. The van der Waals surface area contributed by atoms with Gasteiger partial charge in [-0.2, -0.15) is 0 Å². The number of fused-ring (bicyclic) bond motifs is 1. The molecule has 1 amide bonds. The molecule has 4 heteroatoms. The molecule has 0 saturated carbocycles. The number of hydrogen-bond acceptors (Lipinski definition) is 3. The molecule has 4 nitrogen and oxygen atoms in total. The third kappa shape index (κ3) is 4.45. The normalized spacial score (nSPS) is 13.0. The largest absolute Gasteiger partial charge is 0.326 e. The van der Waals surface area contributed by atoms with Crippen molar-refractivity contribution < 1.29 is 14.4 Å². The highest BCUT2D eigenvalue weighted by atomic mass is 16.2. The predicted octanol–water partition coefficient (Wildman–Crippen LogP) is 4.37. The number of rotatable bonds is 6. The number of carbonyl (C=O) groups is 3. The minimum absolute atomic E-state index is 0.00832. The second-order valence-electron chi connectivity index (χ2n) is 6.80. The molecule has 0 radical (unpaired) electrons. The Morgan fingerprint density at radius 2 is 1.65 bits per heavy atom. The Bertz CT molecular complexity index is 854. The van der Waals surface area contributed by atoms with E-state index >= 15 is 0 Å². The van der Waals surface area contributed by atoms with Crippen molar-refractivity contribution >= 4 is 23.2 Å². The first-order chi connectivity index (χ1) is 12.5. The van der Waals surface area contributed by atoms with Crippen molar-refractivity contribution in [3.8, 4) is 0 Å². The summed E-state index contributed by atoms with van der Waals surface area (Å²) >= 11 is 0. The van der Waals surface area contributed by atoms with Gasteiger partial charge in [0, 0.05) is 29.7 Å². The number of hydrogen-bond donors (Lipinski definition) is 1. The highest BCUT2D eigenvalue weighted by Crippen LogP contribution is 2.23. The summed E-state index contributed by atoms with van der Waals surface area (Å²) in [4.78, 5) is 35.9. The van der Waals surface area contributed by atoms with Gasteiger partial charge >= 0.3 is 0 Å². The third-order valence-electron chi connectivity index (χ3n) is 4.80. The lowest BCUT2D eigenvalue weighted by molar-refractivity contribution is -0.116. The van der Waals surface area contributed by atoms with Crippen molar-refractivity contribution in [1.82, 2.24) is 0 Å². The lowest BCUT2D eigenvalue weighted by atomic mass is 9.89. The van der Waals surface area contributed by atoms with Crippen molar-refractivity contribution in [1.29, 1.82) is 0 Å². The highest BCUT2D eigenvalue weighted by Gasteiger charge is 2.14. The summed E-state index contributed by atoms with van der Waals surface area (Å²) in [5, 5.41) is 2.75. The molecule has 0 unspecified atom stereocenters. The first-order valence-electron chi connectivity index (χ1n) is 9.09. The Kier molecular flexibility index (Phi) is 5.61. The maximum Gasteiger partial charge on any atom is 0.224 e. The van der Waals surface area contributed by atoms with E-state index in [1.807, 2.05) is 12.1 Å². The number of Topliss-reactive ketones (excluding diaryl/α,β-unsaturated/α-hetero) is 2.